The molecule has 2 aromatic heterocycles. The molecule has 2 heterocycles. The number of hydrogen-bond donors (Lipinski definition) is 1. The Kier molecular flexibility index (Phi) is 8.00. The van der Waals surface area contributed by atoms with E-state index in [4.69, 9.17) is 9.97 Å². The summed E-state index contributed by atoms with van der Waals surface area (Å²) in [5.41, 5.74) is 16.7. The minimum absolute atomic E-state index is 0.846. The molecule has 0 bridgehead atoms. The first kappa shape index (κ1) is 32.4. The molecule has 10 rings (SSSR count). The van der Waals surface area contributed by atoms with Gasteiger partial charge in [0.05, 0.1) is 22.4 Å². The Morgan fingerprint density at radius 3 is 1.76 bits per heavy atom. The van der Waals surface area contributed by atoms with Crippen LogP contribution < -0.4 is 4.90 Å². The number of fused-ring (bicyclic) bond motifs is 4. The van der Waals surface area contributed by atoms with Crippen LogP contribution in [0.15, 0.2) is 194 Å². The molecule has 0 aliphatic rings. The van der Waals surface area contributed by atoms with Crippen LogP contribution in [0.5, 0.6) is 0 Å². The molecular weight excluding hydrogens is 669 g/mol. The number of hydrogen-bond acceptors (Lipinski definition) is 3. The molecule has 10 aromatic rings. The number of aromatic nitrogens is 3. The number of benzene rings is 8. The van der Waals surface area contributed by atoms with Gasteiger partial charge in [-0.1, -0.05) is 145 Å². The Labute approximate surface area is 320 Å². The molecule has 260 valence electrons. The van der Waals surface area contributed by atoms with Gasteiger partial charge in [0.2, 0.25) is 0 Å². The lowest BCUT2D eigenvalue weighted by Gasteiger charge is -2.26. The van der Waals surface area contributed by atoms with Crippen LogP contribution in [-0.4, -0.2) is 15.0 Å². The quantitative estimate of drug-likeness (QED) is 0.180. The largest absolute Gasteiger partial charge is 0.355 e. The molecule has 0 unspecified atom stereocenters. The van der Waals surface area contributed by atoms with E-state index in [1.165, 1.54) is 21.9 Å². The highest BCUT2D eigenvalue weighted by Gasteiger charge is 2.19. The van der Waals surface area contributed by atoms with Crippen LogP contribution >= 0.6 is 0 Å². The van der Waals surface area contributed by atoms with Gasteiger partial charge >= 0.3 is 0 Å². The fraction of sp³-hybridized carbons (Fsp3) is 0.0196. The van der Waals surface area contributed by atoms with Crippen molar-refractivity contribution >= 4 is 49.9 Å². The first-order valence-corrected chi connectivity index (χ1v) is 18.7. The van der Waals surface area contributed by atoms with Crippen LogP contribution in [0.1, 0.15) is 5.56 Å². The number of aromatic amines is 1. The summed E-state index contributed by atoms with van der Waals surface area (Å²) < 4.78 is 0. The molecule has 55 heavy (non-hydrogen) atoms. The number of para-hydroxylation sites is 3. The summed E-state index contributed by atoms with van der Waals surface area (Å²) in [6, 6.07) is 68.5. The minimum atomic E-state index is 0.846. The van der Waals surface area contributed by atoms with E-state index in [1.807, 2.05) is 0 Å². The third kappa shape index (κ3) is 5.91. The zero-order valence-corrected chi connectivity index (χ0v) is 30.3. The van der Waals surface area contributed by atoms with Gasteiger partial charge in [-0.05, 0) is 78.2 Å². The molecule has 8 aromatic carbocycles. The van der Waals surface area contributed by atoms with Gasteiger partial charge in [0.25, 0.3) is 0 Å². The van der Waals surface area contributed by atoms with E-state index < -0.39 is 0 Å². The van der Waals surface area contributed by atoms with Crippen LogP contribution in [0, 0.1) is 6.92 Å². The summed E-state index contributed by atoms with van der Waals surface area (Å²) in [7, 11) is 0. The van der Waals surface area contributed by atoms with Crippen LogP contribution in [0.2, 0.25) is 0 Å². The van der Waals surface area contributed by atoms with Gasteiger partial charge in [-0.25, -0.2) is 9.97 Å². The van der Waals surface area contributed by atoms with Crippen molar-refractivity contribution in [1.29, 1.82) is 0 Å². The number of nitrogens with zero attached hydrogens (tertiary/aromatic N) is 3. The van der Waals surface area contributed by atoms with Crippen molar-refractivity contribution in [2.75, 3.05) is 4.90 Å². The van der Waals surface area contributed by atoms with Crippen LogP contribution in [0.3, 0.4) is 0 Å². The molecule has 0 saturated carbocycles. The summed E-state index contributed by atoms with van der Waals surface area (Å²) in [6.45, 7) is 2.11. The Morgan fingerprint density at radius 2 is 0.982 bits per heavy atom. The summed E-state index contributed by atoms with van der Waals surface area (Å²) in [5.74, 6) is 0. The van der Waals surface area contributed by atoms with Crippen molar-refractivity contribution in [3.05, 3.63) is 200 Å². The Morgan fingerprint density at radius 1 is 0.400 bits per heavy atom. The first-order chi connectivity index (χ1) is 27.2. The standard InChI is InChI=1S/C51H36N4/c1-34-23-25-36(26-24-34)49-50(54-51-44(20-12-22-48(51)53-49)42-18-9-8-17-41(42)35-13-4-2-5-14-35)37-27-29-39(30-28-37)55(38-15-6-3-7-16-38)40-31-32-47-45(33-40)43-19-10-11-21-46(43)52-47/h2-33,52H,1H3. The number of anilines is 3. The van der Waals surface area contributed by atoms with Crippen molar-refractivity contribution in [3.8, 4) is 44.8 Å². The molecular formula is C51H36N4. The predicted octanol–water partition coefficient (Wildman–Crippen LogP) is 13.7. The maximum atomic E-state index is 5.52. The van der Waals surface area contributed by atoms with E-state index >= 15 is 0 Å². The Balaban J connectivity index is 1.13. The van der Waals surface area contributed by atoms with Gasteiger partial charge in [0, 0.05) is 55.6 Å². The SMILES string of the molecule is Cc1ccc(-c2nc3cccc(-c4ccccc4-c4ccccc4)c3nc2-c2ccc(N(c3ccccc3)c3ccc4[nH]c5ccccc5c4c3)cc2)cc1. The maximum Gasteiger partial charge on any atom is 0.0973 e. The van der Waals surface area contributed by atoms with Crippen molar-refractivity contribution < 1.29 is 0 Å². The van der Waals surface area contributed by atoms with Crippen LogP contribution in [0.25, 0.3) is 77.6 Å². The summed E-state index contributed by atoms with van der Waals surface area (Å²) >= 11 is 0. The van der Waals surface area contributed by atoms with Gasteiger partial charge in [0.15, 0.2) is 0 Å². The lowest BCUT2D eigenvalue weighted by atomic mass is 9.93. The van der Waals surface area contributed by atoms with E-state index in [1.54, 1.807) is 0 Å². The third-order valence-electron chi connectivity index (χ3n) is 10.5. The lowest BCUT2D eigenvalue weighted by Crippen LogP contribution is -2.09. The monoisotopic (exact) mass is 704 g/mol. The molecule has 0 saturated heterocycles. The lowest BCUT2D eigenvalue weighted by molar-refractivity contribution is 1.27. The van der Waals surface area contributed by atoms with Crippen LogP contribution in [0.4, 0.5) is 17.1 Å². The fourth-order valence-corrected chi connectivity index (χ4v) is 7.76. The maximum absolute atomic E-state index is 5.52. The van der Waals surface area contributed by atoms with Crippen molar-refractivity contribution in [3.63, 3.8) is 0 Å². The summed E-state index contributed by atoms with van der Waals surface area (Å²) in [4.78, 5) is 16.8. The highest BCUT2D eigenvalue weighted by Crippen LogP contribution is 2.41. The van der Waals surface area contributed by atoms with Crippen molar-refractivity contribution in [1.82, 2.24) is 15.0 Å². The van der Waals surface area contributed by atoms with E-state index in [9.17, 15) is 0 Å². The number of aryl methyl sites for hydroxylation is 1. The predicted molar refractivity (Wildman–Crippen MR) is 230 cm³/mol. The number of H-pyrrole nitrogens is 1. The molecule has 0 radical (unpaired) electrons. The van der Waals surface area contributed by atoms with Crippen molar-refractivity contribution in [2.24, 2.45) is 0 Å². The molecule has 0 atom stereocenters. The fourth-order valence-electron chi connectivity index (χ4n) is 7.76. The van der Waals surface area contributed by atoms with Crippen molar-refractivity contribution in [2.45, 2.75) is 6.92 Å². The number of rotatable bonds is 7. The molecule has 0 aliphatic carbocycles. The second kappa shape index (κ2) is 13.6. The van der Waals surface area contributed by atoms with E-state index in [-0.39, 0.29) is 0 Å². The van der Waals surface area contributed by atoms with Gasteiger partial charge in [0.1, 0.15) is 0 Å². The zero-order chi connectivity index (χ0) is 36.7. The number of nitrogens with one attached hydrogen (secondary N) is 1. The average Bonchev–Trinajstić information content (AvgIpc) is 3.62. The molecule has 1 N–H and O–H groups in total. The second-order valence-corrected chi connectivity index (χ2v) is 14.0. The summed E-state index contributed by atoms with van der Waals surface area (Å²) in [6.07, 6.45) is 0. The zero-order valence-electron chi connectivity index (χ0n) is 30.3. The average molecular weight is 705 g/mol. The highest BCUT2D eigenvalue weighted by molar-refractivity contribution is 6.08. The first-order valence-electron chi connectivity index (χ1n) is 18.7. The third-order valence-corrected chi connectivity index (χ3v) is 10.5. The van der Waals surface area contributed by atoms with E-state index in [0.29, 0.717) is 0 Å². The summed E-state index contributed by atoms with van der Waals surface area (Å²) in [5, 5.41) is 2.41. The van der Waals surface area contributed by atoms with Gasteiger partial charge in [-0.3, -0.25) is 0 Å². The molecule has 4 heteroatoms. The molecule has 4 nitrogen and oxygen atoms in total. The van der Waals surface area contributed by atoms with Crippen LogP contribution in [-0.2, 0) is 0 Å². The smallest absolute Gasteiger partial charge is 0.0973 e. The highest BCUT2D eigenvalue weighted by atomic mass is 15.1. The van der Waals surface area contributed by atoms with E-state index in [0.717, 1.165) is 78.3 Å². The molecule has 0 aliphatic heterocycles. The van der Waals surface area contributed by atoms with E-state index in [2.05, 4.69) is 211 Å². The second-order valence-electron chi connectivity index (χ2n) is 14.0. The Hall–Kier alpha value is -7.30. The topological polar surface area (TPSA) is 44.8 Å². The molecule has 0 fully saturated rings. The van der Waals surface area contributed by atoms with Gasteiger partial charge in [-0.15, -0.1) is 0 Å². The van der Waals surface area contributed by atoms with Gasteiger partial charge < -0.3 is 9.88 Å². The normalized spacial score (nSPS) is 11.4. The molecule has 0 spiro atoms. The molecule has 0 amide bonds. The Bertz CT molecular complexity index is 2970. The van der Waals surface area contributed by atoms with Gasteiger partial charge in [-0.2, -0.15) is 0 Å². The minimum Gasteiger partial charge on any atom is -0.355 e.